The van der Waals surface area contributed by atoms with Crippen molar-refractivity contribution < 1.29 is 0 Å². The summed E-state index contributed by atoms with van der Waals surface area (Å²) in [4.78, 5) is 14.3. The molecule has 0 radical (unpaired) electrons. The van der Waals surface area contributed by atoms with Crippen molar-refractivity contribution in [2.45, 2.75) is 0 Å². The molecule has 4 heterocycles. The SMILES string of the molecule is Cn1c(-c2ccc3c4ccccc4n(-c4cc(-c5ccccn5)ccc4-c4nccs4)c3c2)nc2ccccc21. The average molecular weight is 534 g/mol. The van der Waals surface area contributed by atoms with Crippen LogP contribution in [-0.4, -0.2) is 24.1 Å². The minimum absolute atomic E-state index is 0.940. The first-order chi connectivity index (χ1) is 19.8. The molecule has 0 fully saturated rings. The van der Waals surface area contributed by atoms with Crippen LogP contribution in [0.1, 0.15) is 0 Å². The lowest BCUT2D eigenvalue weighted by atomic mass is 10.1. The highest BCUT2D eigenvalue weighted by atomic mass is 32.1. The monoisotopic (exact) mass is 533 g/mol. The first-order valence-corrected chi connectivity index (χ1v) is 14.0. The second-order valence-corrected chi connectivity index (χ2v) is 10.7. The highest BCUT2D eigenvalue weighted by molar-refractivity contribution is 7.13. The zero-order valence-electron chi connectivity index (χ0n) is 21.7. The van der Waals surface area contributed by atoms with E-state index in [-0.39, 0.29) is 0 Å². The molecular weight excluding hydrogens is 510 g/mol. The largest absolute Gasteiger partial charge is 0.327 e. The fourth-order valence-electron chi connectivity index (χ4n) is 5.72. The van der Waals surface area contributed by atoms with Gasteiger partial charge >= 0.3 is 0 Å². The Hall–Kier alpha value is -5.07. The molecule has 8 aromatic rings. The Bertz CT molecular complexity index is 2170. The molecule has 6 heteroatoms. The molecule has 4 aromatic carbocycles. The van der Waals surface area contributed by atoms with Crippen LogP contribution in [0.15, 0.2) is 121 Å². The van der Waals surface area contributed by atoms with Crippen LogP contribution >= 0.6 is 11.3 Å². The lowest BCUT2D eigenvalue weighted by Crippen LogP contribution is -1.99. The average Bonchev–Trinajstić information content (AvgIpc) is 3.74. The lowest BCUT2D eigenvalue weighted by molar-refractivity contribution is 0.959. The zero-order valence-corrected chi connectivity index (χ0v) is 22.5. The maximum atomic E-state index is 4.99. The molecule has 0 aliphatic heterocycles. The molecule has 190 valence electrons. The summed E-state index contributed by atoms with van der Waals surface area (Å²) >= 11 is 1.65. The summed E-state index contributed by atoms with van der Waals surface area (Å²) in [5.41, 5.74) is 9.63. The molecule has 0 bridgehead atoms. The third-order valence-electron chi connectivity index (χ3n) is 7.58. The maximum absolute atomic E-state index is 4.99. The van der Waals surface area contributed by atoms with Crippen molar-refractivity contribution in [1.29, 1.82) is 0 Å². The van der Waals surface area contributed by atoms with Gasteiger partial charge in [0, 0.05) is 52.3 Å². The van der Waals surface area contributed by atoms with Gasteiger partial charge in [-0.1, -0.05) is 54.6 Å². The molecule has 0 N–H and O–H groups in total. The molecule has 0 atom stereocenters. The van der Waals surface area contributed by atoms with Crippen LogP contribution in [-0.2, 0) is 7.05 Å². The van der Waals surface area contributed by atoms with E-state index in [2.05, 4.69) is 106 Å². The Morgan fingerprint density at radius 3 is 2.27 bits per heavy atom. The molecule has 0 spiro atoms. The quantitative estimate of drug-likeness (QED) is 0.228. The molecule has 0 aliphatic carbocycles. The first kappa shape index (κ1) is 22.9. The maximum Gasteiger partial charge on any atom is 0.140 e. The van der Waals surface area contributed by atoms with Crippen LogP contribution in [0.25, 0.3) is 71.7 Å². The molecule has 5 nitrogen and oxygen atoms in total. The van der Waals surface area contributed by atoms with Gasteiger partial charge in [0.2, 0.25) is 0 Å². The van der Waals surface area contributed by atoms with E-state index in [1.807, 2.05) is 36.0 Å². The van der Waals surface area contributed by atoms with E-state index in [1.165, 1.54) is 10.8 Å². The van der Waals surface area contributed by atoms with Gasteiger partial charge in [0.15, 0.2) is 0 Å². The van der Waals surface area contributed by atoms with Crippen molar-refractivity contribution >= 4 is 44.2 Å². The van der Waals surface area contributed by atoms with E-state index in [0.717, 1.165) is 61.0 Å². The second-order valence-electron chi connectivity index (χ2n) is 9.85. The summed E-state index contributed by atoms with van der Waals surface area (Å²) in [6.07, 6.45) is 3.71. The summed E-state index contributed by atoms with van der Waals surface area (Å²) in [6.45, 7) is 0. The molecule has 0 saturated heterocycles. The normalized spacial score (nSPS) is 11.6. The lowest BCUT2D eigenvalue weighted by Gasteiger charge is -2.15. The summed E-state index contributed by atoms with van der Waals surface area (Å²) in [5.74, 6) is 0.947. The summed E-state index contributed by atoms with van der Waals surface area (Å²) in [6, 6.07) is 36.2. The topological polar surface area (TPSA) is 48.5 Å². The van der Waals surface area contributed by atoms with Gasteiger partial charge in [0.05, 0.1) is 33.4 Å². The number of aryl methyl sites for hydroxylation is 1. The van der Waals surface area contributed by atoms with Crippen LogP contribution in [0.4, 0.5) is 0 Å². The smallest absolute Gasteiger partial charge is 0.140 e. The van der Waals surface area contributed by atoms with Gasteiger partial charge in [-0.2, -0.15) is 0 Å². The summed E-state index contributed by atoms with van der Waals surface area (Å²) in [5, 5.41) is 5.43. The third kappa shape index (κ3) is 3.50. The molecule has 0 amide bonds. The number of fused-ring (bicyclic) bond motifs is 4. The molecule has 0 saturated carbocycles. The number of thiazole rings is 1. The van der Waals surface area contributed by atoms with E-state index < -0.39 is 0 Å². The first-order valence-electron chi connectivity index (χ1n) is 13.2. The van der Waals surface area contributed by atoms with Crippen molar-refractivity contribution in [3.05, 3.63) is 121 Å². The Morgan fingerprint density at radius 2 is 1.45 bits per heavy atom. The Balaban J connectivity index is 1.45. The number of hydrogen-bond acceptors (Lipinski definition) is 4. The molecule has 4 aromatic heterocycles. The fourth-order valence-corrected chi connectivity index (χ4v) is 6.39. The number of benzene rings is 4. The molecule has 40 heavy (non-hydrogen) atoms. The number of para-hydroxylation sites is 3. The van der Waals surface area contributed by atoms with E-state index in [4.69, 9.17) is 9.97 Å². The third-order valence-corrected chi connectivity index (χ3v) is 8.39. The summed E-state index contributed by atoms with van der Waals surface area (Å²) < 4.78 is 4.55. The predicted molar refractivity (Wildman–Crippen MR) is 165 cm³/mol. The van der Waals surface area contributed by atoms with Crippen molar-refractivity contribution in [3.63, 3.8) is 0 Å². The van der Waals surface area contributed by atoms with Gasteiger partial charge in [-0.05, 0) is 48.5 Å². The number of rotatable bonds is 4. The van der Waals surface area contributed by atoms with E-state index in [9.17, 15) is 0 Å². The van der Waals surface area contributed by atoms with E-state index in [1.54, 1.807) is 11.3 Å². The molecular formula is C34H23N5S. The van der Waals surface area contributed by atoms with Crippen molar-refractivity contribution in [2.75, 3.05) is 0 Å². The minimum Gasteiger partial charge on any atom is -0.327 e. The predicted octanol–water partition coefficient (Wildman–Crippen LogP) is 8.52. The van der Waals surface area contributed by atoms with Gasteiger partial charge in [-0.3, -0.25) is 4.98 Å². The van der Waals surface area contributed by atoms with Crippen LogP contribution < -0.4 is 0 Å². The van der Waals surface area contributed by atoms with Crippen LogP contribution in [0, 0.1) is 0 Å². The van der Waals surface area contributed by atoms with Crippen LogP contribution in [0.3, 0.4) is 0 Å². The number of hydrogen-bond donors (Lipinski definition) is 0. The van der Waals surface area contributed by atoms with E-state index >= 15 is 0 Å². The Kier molecular flexibility index (Phi) is 5.15. The van der Waals surface area contributed by atoms with Crippen molar-refractivity contribution in [1.82, 2.24) is 24.1 Å². The van der Waals surface area contributed by atoms with Crippen molar-refractivity contribution in [2.24, 2.45) is 7.05 Å². The standard InChI is InChI=1S/C34H23N5S/c1-38-30-12-5-3-10-28(30)37-33(38)23-14-15-25-24-8-2-4-11-29(24)39(31(25)21-23)32-20-22(27-9-6-7-17-35-27)13-16-26(32)34-36-18-19-40-34/h2-21H,1H3. The van der Waals surface area contributed by atoms with Crippen LogP contribution in [0.2, 0.25) is 0 Å². The molecule has 8 rings (SSSR count). The number of aromatic nitrogens is 5. The van der Waals surface area contributed by atoms with Crippen LogP contribution in [0.5, 0.6) is 0 Å². The molecule has 0 aliphatic rings. The Labute approximate surface area is 234 Å². The fraction of sp³-hybridized carbons (Fsp3) is 0.0294. The van der Waals surface area contributed by atoms with Gasteiger partial charge < -0.3 is 9.13 Å². The van der Waals surface area contributed by atoms with Crippen molar-refractivity contribution in [3.8, 4) is 38.9 Å². The molecule has 0 unspecified atom stereocenters. The summed E-state index contributed by atoms with van der Waals surface area (Å²) in [7, 11) is 2.08. The minimum atomic E-state index is 0.940. The van der Waals surface area contributed by atoms with Gasteiger partial charge in [0.25, 0.3) is 0 Å². The number of pyridine rings is 1. The van der Waals surface area contributed by atoms with Gasteiger partial charge in [-0.15, -0.1) is 11.3 Å². The Morgan fingerprint density at radius 1 is 0.650 bits per heavy atom. The highest BCUT2D eigenvalue weighted by Gasteiger charge is 2.19. The highest BCUT2D eigenvalue weighted by Crippen LogP contribution is 2.39. The van der Waals surface area contributed by atoms with Gasteiger partial charge in [-0.25, -0.2) is 9.97 Å². The zero-order chi connectivity index (χ0) is 26.6. The second kappa shape index (κ2) is 9.00. The number of nitrogens with zero attached hydrogens (tertiary/aromatic N) is 5. The number of imidazole rings is 1. The van der Waals surface area contributed by atoms with E-state index in [0.29, 0.717) is 0 Å². The van der Waals surface area contributed by atoms with Gasteiger partial charge in [0.1, 0.15) is 10.8 Å².